The SMILES string of the molecule is CC(=O)N1CCc2cc(S(=O)(=O)N3CCN(CC(=O)Nc4ccccc4Cl)CC3)ccc21. The number of carbonyl (C=O) groups is 2. The van der Waals surface area contributed by atoms with Crippen LogP contribution in [0.2, 0.25) is 5.02 Å². The van der Waals surface area contributed by atoms with Gasteiger partial charge in [0, 0.05) is 45.3 Å². The van der Waals surface area contributed by atoms with Crippen LogP contribution in [-0.4, -0.2) is 68.7 Å². The molecule has 10 heteroatoms. The Morgan fingerprint density at radius 2 is 1.75 bits per heavy atom. The summed E-state index contributed by atoms with van der Waals surface area (Å²) in [6.45, 7) is 3.77. The molecule has 0 radical (unpaired) electrons. The topological polar surface area (TPSA) is 90.0 Å². The summed E-state index contributed by atoms with van der Waals surface area (Å²) in [5, 5.41) is 3.26. The van der Waals surface area contributed by atoms with Crippen LogP contribution in [0.4, 0.5) is 11.4 Å². The van der Waals surface area contributed by atoms with Crippen LogP contribution in [0.5, 0.6) is 0 Å². The smallest absolute Gasteiger partial charge is 0.243 e. The van der Waals surface area contributed by atoms with Gasteiger partial charge in [0.1, 0.15) is 0 Å². The van der Waals surface area contributed by atoms with Crippen LogP contribution in [0, 0.1) is 0 Å². The molecule has 2 aliphatic heterocycles. The van der Waals surface area contributed by atoms with Gasteiger partial charge >= 0.3 is 0 Å². The number of carbonyl (C=O) groups excluding carboxylic acids is 2. The van der Waals surface area contributed by atoms with Gasteiger partial charge in [-0.3, -0.25) is 14.5 Å². The molecule has 0 saturated carbocycles. The number of sulfonamides is 1. The van der Waals surface area contributed by atoms with Gasteiger partial charge in [0.05, 0.1) is 22.2 Å². The van der Waals surface area contributed by atoms with Crippen molar-refractivity contribution in [1.82, 2.24) is 9.21 Å². The van der Waals surface area contributed by atoms with Gasteiger partial charge in [-0.2, -0.15) is 4.31 Å². The molecule has 2 aromatic rings. The number of amides is 2. The van der Waals surface area contributed by atoms with Crippen molar-refractivity contribution in [2.24, 2.45) is 0 Å². The predicted octanol–water partition coefficient (Wildman–Crippen LogP) is 2.19. The number of hydrogen-bond acceptors (Lipinski definition) is 5. The standard InChI is InChI=1S/C22H25ClN4O4S/c1-16(28)27-9-8-17-14-18(6-7-21(17)27)32(30,31)26-12-10-25(11-13-26)15-22(29)24-20-5-3-2-4-19(20)23/h2-7,14H,8-13,15H2,1H3,(H,24,29). The molecule has 32 heavy (non-hydrogen) atoms. The zero-order valence-corrected chi connectivity index (χ0v) is 19.3. The highest BCUT2D eigenvalue weighted by Gasteiger charge is 2.31. The second-order valence-corrected chi connectivity index (χ2v) is 10.3. The molecule has 1 saturated heterocycles. The molecule has 0 aliphatic carbocycles. The van der Waals surface area contributed by atoms with Crippen molar-refractivity contribution >= 4 is 44.8 Å². The average Bonchev–Trinajstić information content (AvgIpc) is 3.19. The Balaban J connectivity index is 1.36. The Labute approximate surface area is 192 Å². The minimum Gasteiger partial charge on any atom is -0.324 e. The second-order valence-electron chi connectivity index (χ2n) is 7.92. The van der Waals surface area contributed by atoms with Gasteiger partial charge < -0.3 is 10.2 Å². The molecular formula is C22H25ClN4O4S. The second kappa shape index (κ2) is 9.19. The summed E-state index contributed by atoms with van der Waals surface area (Å²) >= 11 is 6.08. The minimum atomic E-state index is -3.64. The number of rotatable bonds is 5. The van der Waals surface area contributed by atoms with Crippen LogP contribution in [-0.2, 0) is 26.0 Å². The summed E-state index contributed by atoms with van der Waals surface area (Å²) in [5.41, 5.74) is 2.21. The van der Waals surface area contributed by atoms with Crippen molar-refractivity contribution in [1.29, 1.82) is 0 Å². The van der Waals surface area contributed by atoms with Crippen molar-refractivity contribution in [2.45, 2.75) is 18.2 Å². The van der Waals surface area contributed by atoms with Crippen molar-refractivity contribution in [2.75, 3.05) is 49.5 Å². The zero-order chi connectivity index (χ0) is 22.9. The molecular weight excluding hydrogens is 452 g/mol. The van der Waals surface area contributed by atoms with E-state index in [0.29, 0.717) is 49.9 Å². The lowest BCUT2D eigenvalue weighted by Crippen LogP contribution is -2.50. The highest BCUT2D eigenvalue weighted by atomic mass is 35.5. The molecule has 2 aromatic carbocycles. The average molecular weight is 477 g/mol. The lowest BCUT2D eigenvalue weighted by atomic mass is 10.2. The largest absolute Gasteiger partial charge is 0.324 e. The Kier molecular flexibility index (Phi) is 6.52. The number of hydrogen-bond donors (Lipinski definition) is 1. The molecule has 2 amide bonds. The van der Waals surface area contributed by atoms with E-state index in [1.165, 1.54) is 11.2 Å². The number of benzene rings is 2. The third kappa shape index (κ3) is 4.66. The maximum Gasteiger partial charge on any atom is 0.243 e. The first-order valence-electron chi connectivity index (χ1n) is 10.4. The van der Waals surface area contributed by atoms with Crippen LogP contribution >= 0.6 is 11.6 Å². The van der Waals surface area contributed by atoms with E-state index in [4.69, 9.17) is 11.6 Å². The molecule has 0 spiro atoms. The Morgan fingerprint density at radius 1 is 1.03 bits per heavy atom. The summed E-state index contributed by atoms with van der Waals surface area (Å²) in [4.78, 5) is 27.9. The number of nitrogens with one attached hydrogen (secondary N) is 1. The molecule has 2 aliphatic rings. The molecule has 170 valence electrons. The van der Waals surface area contributed by atoms with E-state index in [1.54, 1.807) is 47.4 Å². The number of para-hydroxylation sites is 1. The van der Waals surface area contributed by atoms with Crippen molar-refractivity contribution in [3.05, 3.63) is 53.1 Å². The molecule has 0 atom stereocenters. The van der Waals surface area contributed by atoms with E-state index in [9.17, 15) is 18.0 Å². The fourth-order valence-electron chi connectivity index (χ4n) is 4.10. The van der Waals surface area contributed by atoms with E-state index in [-0.39, 0.29) is 23.3 Å². The van der Waals surface area contributed by atoms with Crippen molar-refractivity contribution < 1.29 is 18.0 Å². The predicted molar refractivity (Wildman–Crippen MR) is 123 cm³/mol. The van der Waals surface area contributed by atoms with Gasteiger partial charge in [-0.15, -0.1) is 0 Å². The fraction of sp³-hybridized carbons (Fsp3) is 0.364. The lowest BCUT2D eigenvalue weighted by molar-refractivity contribution is -0.118. The van der Waals surface area contributed by atoms with Crippen LogP contribution in [0.25, 0.3) is 0 Å². The highest BCUT2D eigenvalue weighted by molar-refractivity contribution is 7.89. The molecule has 0 bridgehead atoms. The normalized spacial score (nSPS) is 17.2. The Hall–Kier alpha value is -2.46. The van der Waals surface area contributed by atoms with E-state index in [2.05, 4.69) is 5.32 Å². The Bertz CT molecular complexity index is 1150. The lowest BCUT2D eigenvalue weighted by Gasteiger charge is -2.33. The van der Waals surface area contributed by atoms with Gasteiger partial charge in [-0.1, -0.05) is 23.7 Å². The number of halogens is 1. The van der Waals surface area contributed by atoms with E-state index in [1.807, 2.05) is 4.90 Å². The first kappa shape index (κ1) is 22.7. The molecule has 8 nitrogen and oxygen atoms in total. The molecule has 0 aromatic heterocycles. The summed E-state index contributed by atoms with van der Waals surface area (Å²) in [6, 6.07) is 12.0. The van der Waals surface area contributed by atoms with Gasteiger partial charge in [-0.05, 0) is 42.3 Å². The molecule has 1 N–H and O–H groups in total. The first-order valence-corrected chi connectivity index (χ1v) is 12.3. The summed E-state index contributed by atoms with van der Waals surface area (Å²) in [6.07, 6.45) is 0.645. The van der Waals surface area contributed by atoms with Crippen LogP contribution < -0.4 is 10.2 Å². The van der Waals surface area contributed by atoms with Gasteiger partial charge in [0.2, 0.25) is 21.8 Å². The van der Waals surface area contributed by atoms with Crippen LogP contribution in [0.3, 0.4) is 0 Å². The summed E-state index contributed by atoms with van der Waals surface area (Å²) < 4.78 is 27.7. The number of nitrogens with zero attached hydrogens (tertiary/aromatic N) is 3. The molecule has 4 rings (SSSR count). The maximum atomic E-state index is 13.1. The van der Waals surface area contributed by atoms with Crippen molar-refractivity contribution in [3.63, 3.8) is 0 Å². The van der Waals surface area contributed by atoms with Crippen LogP contribution in [0.1, 0.15) is 12.5 Å². The Morgan fingerprint density at radius 3 is 2.44 bits per heavy atom. The fourth-order valence-corrected chi connectivity index (χ4v) is 5.75. The minimum absolute atomic E-state index is 0.0472. The van der Waals surface area contributed by atoms with Gasteiger partial charge in [0.15, 0.2) is 0 Å². The van der Waals surface area contributed by atoms with Gasteiger partial charge in [0.25, 0.3) is 0 Å². The first-order chi connectivity index (χ1) is 15.3. The zero-order valence-electron chi connectivity index (χ0n) is 17.8. The van der Waals surface area contributed by atoms with E-state index < -0.39 is 10.0 Å². The van der Waals surface area contributed by atoms with Crippen LogP contribution in [0.15, 0.2) is 47.4 Å². The number of fused-ring (bicyclic) bond motifs is 1. The molecule has 2 heterocycles. The number of piperazine rings is 1. The van der Waals surface area contributed by atoms with E-state index in [0.717, 1.165) is 11.3 Å². The summed E-state index contributed by atoms with van der Waals surface area (Å²) in [7, 11) is -3.64. The number of anilines is 2. The molecule has 0 unspecified atom stereocenters. The summed E-state index contributed by atoms with van der Waals surface area (Å²) in [5.74, 6) is -0.239. The third-order valence-corrected chi connectivity index (χ3v) is 8.04. The molecule has 1 fully saturated rings. The van der Waals surface area contributed by atoms with Gasteiger partial charge in [-0.25, -0.2) is 8.42 Å². The highest BCUT2D eigenvalue weighted by Crippen LogP contribution is 2.31. The van der Waals surface area contributed by atoms with E-state index >= 15 is 0 Å². The van der Waals surface area contributed by atoms with Crippen molar-refractivity contribution in [3.8, 4) is 0 Å². The quantitative estimate of drug-likeness (QED) is 0.714. The maximum absolute atomic E-state index is 13.1. The monoisotopic (exact) mass is 476 g/mol. The third-order valence-electron chi connectivity index (χ3n) is 5.81.